The molecule has 2 N–H and O–H groups in total. The first-order valence-electron chi connectivity index (χ1n) is 7.31. The number of aliphatic carboxylic acids is 1. The van der Waals surface area contributed by atoms with Gasteiger partial charge in [0.1, 0.15) is 0 Å². The maximum Gasteiger partial charge on any atom is 0.308 e. The highest BCUT2D eigenvalue weighted by Gasteiger charge is 2.21. The molecule has 1 rings (SSSR count). The van der Waals surface area contributed by atoms with Crippen LogP contribution >= 0.6 is 0 Å². The van der Waals surface area contributed by atoms with Crippen LogP contribution in [0.4, 0.5) is 0 Å². The molecule has 0 radical (unpaired) electrons. The van der Waals surface area contributed by atoms with E-state index in [1.54, 1.807) is 4.90 Å². The molecule has 0 aromatic heterocycles. The first-order chi connectivity index (χ1) is 9.54. The molecule has 0 aromatic rings. The summed E-state index contributed by atoms with van der Waals surface area (Å²) in [5, 5.41) is 11.6. The molecule has 0 aromatic carbocycles. The molecule has 0 bridgehead atoms. The van der Waals surface area contributed by atoms with Gasteiger partial charge < -0.3 is 15.3 Å². The summed E-state index contributed by atoms with van der Waals surface area (Å²) in [6, 6.07) is 0. The van der Waals surface area contributed by atoms with Gasteiger partial charge >= 0.3 is 5.97 Å². The summed E-state index contributed by atoms with van der Waals surface area (Å²) in [6.07, 6.45) is 4.62. The molecule has 0 saturated carbocycles. The van der Waals surface area contributed by atoms with E-state index >= 15 is 0 Å². The van der Waals surface area contributed by atoms with Crippen molar-refractivity contribution in [2.75, 3.05) is 19.6 Å². The number of amides is 2. The summed E-state index contributed by atoms with van der Waals surface area (Å²) < 4.78 is 0. The van der Waals surface area contributed by atoms with Gasteiger partial charge in [-0.05, 0) is 19.3 Å². The van der Waals surface area contributed by atoms with Gasteiger partial charge in [0, 0.05) is 19.5 Å². The maximum absolute atomic E-state index is 11.8. The molecule has 1 aliphatic rings. The highest BCUT2D eigenvalue weighted by Crippen LogP contribution is 2.10. The summed E-state index contributed by atoms with van der Waals surface area (Å²) in [5.74, 6) is -1.70. The number of likely N-dealkylation sites (tertiary alicyclic amines) is 1. The van der Waals surface area contributed by atoms with Crippen molar-refractivity contribution in [2.45, 2.75) is 45.4 Å². The van der Waals surface area contributed by atoms with Crippen molar-refractivity contribution in [1.29, 1.82) is 0 Å². The third-order valence-electron chi connectivity index (χ3n) is 3.54. The first-order valence-corrected chi connectivity index (χ1v) is 7.31. The van der Waals surface area contributed by atoms with E-state index in [-0.39, 0.29) is 24.9 Å². The minimum atomic E-state index is -0.891. The number of hydrogen-bond donors (Lipinski definition) is 2. The van der Waals surface area contributed by atoms with E-state index in [9.17, 15) is 14.4 Å². The topological polar surface area (TPSA) is 86.7 Å². The van der Waals surface area contributed by atoms with Crippen molar-refractivity contribution in [3.8, 4) is 0 Å². The second kappa shape index (κ2) is 8.55. The predicted molar refractivity (Wildman–Crippen MR) is 74.1 cm³/mol. The van der Waals surface area contributed by atoms with Gasteiger partial charge in [0.05, 0.1) is 12.5 Å². The van der Waals surface area contributed by atoms with Crippen molar-refractivity contribution in [3.05, 3.63) is 0 Å². The third kappa shape index (κ3) is 5.59. The minimum Gasteiger partial charge on any atom is -0.481 e. The molecule has 6 heteroatoms. The Morgan fingerprint density at radius 1 is 1.35 bits per heavy atom. The SMILES string of the molecule is CCCC(CNC(=O)CN1CCCCCC1=O)C(=O)O. The summed E-state index contributed by atoms with van der Waals surface area (Å²) >= 11 is 0. The zero-order valence-electron chi connectivity index (χ0n) is 12.1. The second-order valence-electron chi connectivity index (χ2n) is 5.25. The average Bonchev–Trinajstić information content (AvgIpc) is 2.59. The standard InChI is InChI=1S/C14H24N2O4/c1-2-6-11(14(19)20)9-15-12(17)10-16-8-5-3-4-7-13(16)18/h11H,2-10H2,1H3,(H,15,17)(H,19,20). The summed E-state index contributed by atoms with van der Waals surface area (Å²) in [6.45, 7) is 2.69. The van der Waals surface area contributed by atoms with Crippen molar-refractivity contribution in [3.63, 3.8) is 0 Å². The Morgan fingerprint density at radius 3 is 2.75 bits per heavy atom. The van der Waals surface area contributed by atoms with E-state index in [0.29, 0.717) is 19.4 Å². The summed E-state index contributed by atoms with van der Waals surface area (Å²) in [4.78, 5) is 36.1. The molecular weight excluding hydrogens is 260 g/mol. The smallest absolute Gasteiger partial charge is 0.308 e. The minimum absolute atomic E-state index is 0.0148. The van der Waals surface area contributed by atoms with Gasteiger partial charge in [-0.1, -0.05) is 19.8 Å². The fourth-order valence-electron chi connectivity index (χ4n) is 2.33. The Hall–Kier alpha value is -1.59. The van der Waals surface area contributed by atoms with E-state index in [0.717, 1.165) is 25.7 Å². The van der Waals surface area contributed by atoms with Gasteiger partial charge in [-0.25, -0.2) is 0 Å². The largest absolute Gasteiger partial charge is 0.481 e. The molecule has 0 aliphatic carbocycles. The van der Waals surface area contributed by atoms with Gasteiger partial charge in [-0.2, -0.15) is 0 Å². The van der Waals surface area contributed by atoms with Crippen LogP contribution in [-0.4, -0.2) is 47.4 Å². The lowest BCUT2D eigenvalue weighted by atomic mass is 10.0. The van der Waals surface area contributed by atoms with Crippen molar-refractivity contribution < 1.29 is 19.5 Å². The predicted octanol–water partition coefficient (Wildman–Crippen LogP) is 1.01. The normalized spacial score (nSPS) is 17.4. The van der Waals surface area contributed by atoms with Crippen LogP contribution in [0.5, 0.6) is 0 Å². The molecule has 1 atom stereocenters. The fraction of sp³-hybridized carbons (Fsp3) is 0.786. The monoisotopic (exact) mass is 284 g/mol. The number of nitrogens with zero attached hydrogens (tertiary/aromatic N) is 1. The number of rotatable bonds is 7. The quantitative estimate of drug-likeness (QED) is 0.730. The Bertz CT molecular complexity index is 357. The van der Waals surface area contributed by atoms with E-state index in [1.165, 1.54) is 0 Å². The molecule has 2 amide bonds. The van der Waals surface area contributed by atoms with Crippen LogP contribution in [0.25, 0.3) is 0 Å². The van der Waals surface area contributed by atoms with Crippen LogP contribution in [-0.2, 0) is 14.4 Å². The molecule has 1 unspecified atom stereocenters. The van der Waals surface area contributed by atoms with E-state index in [4.69, 9.17) is 5.11 Å². The van der Waals surface area contributed by atoms with Crippen molar-refractivity contribution >= 4 is 17.8 Å². The van der Waals surface area contributed by atoms with Crippen LogP contribution in [0.15, 0.2) is 0 Å². The first kappa shape index (κ1) is 16.5. The van der Waals surface area contributed by atoms with E-state index in [1.807, 2.05) is 6.92 Å². The average molecular weight is 284 g/mol. The molecule has 1 heterocycles. The molecule has 20 heavy (non-hydrogen) atoms. The number of nitrogens with one attached hydrogen (secondary N) is 1. The van der Waals surface area contributed by atoms with Crippen LogP contribution in [0.3, 0.4) is 0 Å². The molecule has 1 fully saturated rings. The summed E-state index contributed by atoms with van der Waals surface area (Å²) in [7, 11) is 0. The second-order valence-corrected chi connectivity index (χ2v) is 5.25. The van der Waals surface area contributed by atoms with Gasteiger partial charge in [0.2, 0.25) is 11.8 Å². The van der Waals surface area contributed by atoms with Crippen LogP contribution in [0.2, 0.25) is 0 Å². The Labute approximate surface area is 119 Å². The number of hydrogen-bond acceptors (Lipinski definition) is 3. The molecular formula is C14H24N2O4. The number of carboxylic acid groups (broad SMARTS) is 1. The highest BCUT2D eigenvalue weighted by molar-refractivity contribution is 5.85. The van der Waals surface area contributed by atoms with E-state index in [2.05, 4.69) is 5.32 Å². The molecule has 0 spiro atoms. The zero-order valence-corrected chi connectivity index (χ0v) is 12.1. The lowest BCUT2D eigenvalue weighted by molar-refractivity contribution is -0.142. The Kier molecular flexibility index (Phi) is 7.04. The van der Waals surface area contributed by atoms with Gasteiger partial charge in [-0.15, -0.1) is 0 Å². The Balaban J connectivity index is 2.38. The van der Waals surface area contributed by atoms with Crippen LogP contribution in [0, 0.1) is 5.92 Å². The van der Waals surface area contributed by atoms with Crippen LogP contribution < -0.4 is 5.32 Å². The van der Waals surface area contributed by atoms with Gasteiger partial charge in [0.25, 0.3) is 0 Å². The number of carbonyl (C=O) groups excluding carboxylic acids is 2. The highest BCUT2D eigenvalue weighted by atomic mass is 16.4. The molecule has 6 nitrogen and oxygen atoms in total. The Morgan fingerprint density at radius 2 is 2.10 bits per heavy atom. The number of carbonyl (C=O) groups is 3. The van der Waals surface area contributed by atoms with Gasteiger partial charge in [0.15, 0.2) is 0 Å². The molecule has 1 aliphatic heterocycles. The summed E-state index contributed by atoms with van der Waals surface area (Å²) in [5.41, 5.74) is 0. The van der Waals surface area contributed by atoms with Crippen molar-refractivity contribution in [1.82, 2.24) is 10.2 Å². The fourth-order valence-corrected chi connectivity index (χ4v) is 2.33. The maximum atomic E-state index is 11.8. The van der Waals surface area contributed by atoms with Crippen molar-refractivity contribution in [2.24, 2.45) is 5.92 Å². The van der Waals surface area contributed by atoms with Gasteiger partial charge in [-0.3, -0.25) is 14.4 Å². The lowest BCUT2D eigenvalue weighted by Gasteiger charge is -2.20. The molecule has 114 valence electrons. The van der Waals surface area contributed by atoms with E-state index < -0.39 is 11.9 Å². The molecule has 1 saturated heterocycles. The zero-order chi connectivity index (χ0) is 15.0. The number of carboxylic acids is 1. The van der Waals surface area contributed by atoms with Crippen LogP contribution in [0.1, 0.15) is 45.4 Å². The lowest BCUT2D eigenvalue weighted by Crippen LogP contribution is -2.42. The third-order valence-corrected chi connectivity index (χ3v) is 3.54.